The lowest BCUT2D eigenvalue weighted by Crippen LogP contribution is -2.19. The maximum atomic E-state index is 9.79. The molecule has 0 spiro atoms. The fourth-order valence-electron chi connectivity index (χ4n) is 1.57. The fourth-order valence-corrected chi connectivity index (χ4v) is 1.57. The lowest BCUT2D eigenvalue weighted by Gasteiger charge is -2.22. The van der Waals surface area contributed by atoms with Gasteiger partial charge < -0.3 is 10.2 Å². The molecule has 0 fully saturated rings. The van der Waals surface area contributed by atoms with Crippen molar-refractivity contribution in [1.82, 2.24) is 0 Å². The number of aryl methyl sites for hydroxylation is 2. The van der Waals surface area contributed by atoms with Crippen molar-refractivity contribution >= 4 is 0 Å². The van der Waals surface area contributed by atoms with Gasteiger partial charge in [-0.1, -0.05) is 19.9 Å². The molecule has 0 unspecified atom stereocenters. The number of aromatic hydroxyl groups is 1. The summed E-state index contributed by atoms with van der Waals surface area (Å²) in [7, 11) is 0. The molecular formula is C13H20O2. The zero-order chi connectivity index (χ0) is 11.6. The minimum atomic E-state index is -0.181. The molecular weight excluding hydrogens is 188 g/mol. The number of phenolic OH excluding ortho intramolecular Hbond substituents is 1. The second kappa shape index (κ2) is 4.23. The van der Waals surface area contributed by atoms with Gasteiger partial charge in [-0.25, -0.2) is 0 Å². The molecule has 0 saturated carbocycles. The van der Waals surface area contributed by atoms with E-state index in [1.54, 1.807) is 6.07 Å². The van der Waals surface area contributed by atoms with Crippen LogP contribution in [0.1, 0.15) is 30.5 Å². The molecule has 2 N–H and O–H groups in total. The Morgan fingerprint density at radius 2 is 1.67 bits per heavy atom. The molecule has 1 aromatic rings. The van der Waals surface area contributed by atoms with E-state index in [-0.39, 0.29) is 12.0 Å². The number of aliphatic hydroxyl groups excluding tert-OH is 1. The van der Waals surface area contributed by atoms with Crippen LogP contribution in [0.25, 0.3) is 0 Å². The van der Waals surface area contributed by atoms with E-state index in [0.717, 1.165) is 11.1 Å². The third-order valence-corrected chi connectivity index (χ3v) is 2.79. The molecule has 0 aliphatic carbocycles. The highest BCUT2D eigenvalue weighted by atomic mass is 16.3. The van der Waals surface area contributed by atoms with Gasteiger partial charge in [-0.05, 0) is 48.4 Å². The Hall–Kier alpha value is -1.02. The van der Waals surface area contributed by atoms with Crippen molar-refractivity contribution in [1.29, 1.82) is 0 Å². The first kappa shape index (κ1) is 12.1. The zero-order valence-electron chi connectivity index (χ0n) is 9.96. The number of hydrogen-bond donors (Lipinski definition) is 2. The Labute approximate surface area is 91.6 Å². The molecule has 0 atom stereocenters. The molecule has 0 heterocycles. The zero-order valence-corrected chi connectivity index (χ0v) is 9.96. The lowest BCUT2D eigenvalue weighted by atomic mass is 9.85. The summed E-state index contributed by atoms with van der Waals surface area (Å²) < 4.78 is 0. The molecule has 2 nitrogen and oxygen atoms in total. The van der Waals surface area contributed by atoms with Crippen LogP contribution in [0, 0.1) is 19.3 Å². The third kappa shape index (κ3) is 2.96. The minimum Gasteiger partial charge on any atom is -0.508 e. The van der Waals surface area contributed by atoms with Gasteiger partial charge in [0, 0.05) is 6.61 Å². The van der Waals surface area contributed by atoms with Gasteiger partial charge >= 0.3 is 0 Å². The summed E-state index contributed by atoms with van der Waals surface area (Å²) in [5.74, 6) is 0.333. The van der Waals surface area contributed by atoms with Gasteiger partial charge in [0.15, 0.2) is 0 Å². The highest BCUT2D eigenvalue weighted by molar-refractivity contribution is 5.41. The van der Waals surface area contributed by atoms with E-state index in [9.17, 15) is 10.2 Å². The molecule has 84 valence electrons. The Morgan fingerprint density at radius 3 is 2.20 bits per heavy atom. The van der Waals surface area contributed by atoms with Crippen LogP contribution in [0.3, 0.4) is 0 Å². The van der Waals surface area contributed by atoms with Crippen LogP contribution in [-0.2, 0) is 6.42 Å². The molecule has 0 aliphatic rings. The van der Waals surface area contributed by atoms with Gasteiger partial charge in [0.2, 0.25) is 0 Å². The van der Waals surface area contributed by atoms with E-state index in [1.165, 1.54) is 5.56 Å². The Morgan fingerprint density at radius 1 is 1.13 bits per heavy atom. The molecule has 0 aliphatic heterocycles. The van der Waals surface area contributed by atoms with E-state index in [2.05, 4.69) is 0 Å². The van der Waals surface area contributed by atoms with Crippen LogP contribution in [0.15, 0.2) is 12.1 Å². The second-order valence-corrected chi connectivity index (χ2v) is 5.06. The maximum Gasteiger partial charge on any atom is 0.119 e. The monoisotopic (exact) mass is 208 g/mol. The number of rotatable bonds is 3. The summed E-state index contributed by atoms with van der Waals surface area (Å²) >= 11 is 0. The second-order valence-electron chi connectivity index (χ2n) is 5.06. The van der Waals surface area contributed by atoms with Gasteiger partial charge in [-0.3, -0.25) is 0 Å². The molecule has 15 heavy (non-hydrogen) atoms. The summed E-state index contributed by atoms with van der Waals surface area (Å²) in [5.41, 5.74) is 3.01. The van der Waals surface area contributed by atoms with Crippen molar-refractivity contribution in [2.24, 2.45) is 5.41 Å². The summed E-state index contributed by atoms with van der Waals surface area (Å²) in [6, 6.07) is 3.79. The first-order valence-electron chi connectivity index (χ1n) is 5.26. The van der Waals surface area contributed by atoms with Crippen molar-refractivity contribution < 1.29 is 10.2 Å². The van der Waals surface area contributed by atoms with Crippen LogP contribution < -0.4 is 0 Å². The number of hydrogen-bond acceptors (Lipinski definition) is 2. The van der Waals surface area contributed by atoms with Crippen molar-refractivity contribution in [2.45, 2.75) is 34.1 Å². The number of aliphatic hydroxyl groups is 1. The Balaban J connectivity index is 3.01. The van der Waals surface area contributed by atoms with E-state index in [0.29, 0.717) is 12.2 Å². The first-order chi connectivity index (χ1) is 6.85. The third-order valence-electron chi connectivity index (χ3n) is 2.79. The van der Waals surface area contributed by atoms with Crippen LogP contribution in [0.4, 0.5) is 0 Å². The normalized spacial score (nSPS) is 11.8. The molecule has 0 amide bonds. The molecule has 1 rings (SSSR count). The quantitative estimate of drug-likeness (QED) is 0.801. The van der Waals surface area contributed by atoms with Gasteiger partial charge in [0.1, 0.15) is 5.75 Å². The minimum absolute atomic E-state index is 0.124. The average Bonchev–Trinajstić information content (AvgIpc) is 2.14. The predicted octanol–water partition coefficient (Wildman–Crippen LogP) is 2.57. The van der Waals surface area contributed by atoms with Crippen LogP contribution in [-0.4, -0.2) is 16.8 Å². The van der Waals surface area contributed by atoms with E-state index in [1.807, 2.05) is 33.8 Å². The number of benzene rings is 1. The predicted molar refractivity (Wildman–Crippen MR) is 62.2 cm³/mol. The summed E-state index contributed by atoms with van der Waals surface area (Å²) in [6.45, 7) is 8.11. The van der Waals surface area contributed by atoms with Crippen molar-refractivity contribution in [3.63, 3.8) is 0 Å². The van der Waals surface area contributed by atoms with Gasteiger partial charge in [0.25, 0.3) is 0 Å². The summed E-state index contributed by atoms with van der Waals surface area (Å²) in [4.78, 5) is 0. The summed E-state index contributed by atoms with van der Waals surface area (Å²) in [6.07, 6.45) is 0.691. The van der Waals surface area contributed by atoms with E-state index >= 15 is 0 Å². The molecule has 1 aromatic carbocycles. The average molecular weight is 208 g/mol. The van der Waals surface area contributed by atoms with Crippen molar-refractivity contribution in [3.05, 3.63) is 28.8 Å². The van der Waals surface area contributed by atoms with Crippen LogP contribution in [0.2, 0.25) is 0 Å². The molecule has 2 heteroatoms. The standard InChI is InChI=1S/C13H20O2/c1-9-5-11(7-13(3,4)8-14)12(15)6-10(9)2/h5-6,14-15H,7-8H2,1-4H3. The van der Waals surface area contributed by atoms with Crippen LogP contribution >= 0.6 is 0 Å². The Kier molecular flexibility index (Phi) is 3.40. The fraction of sp³-hybridized carbons (Fsp3) is 0.538. The van der Waals surface area contributed by atoms with E-state index in [4.69, 9.17) is 0 Å². The SMILES string of the molecule is Cc1cc(O)c(CC(C)(C)CO)cc1C. The smallest absolute Gasteiger partial charge is 0.119 e. The highest BCUT2D eigenvalue weighted by Gasteiger charge is 2.19. The largest absolute Gasteiger partial charge is 0.508 e. The molecule has 0 bridgehead atoms. The first-order valence-corrected chi connectivity index (χ1v) is 5.26. The lowest BCUT2D eigenvalue weighted by molar-refractivity contribution is 0.159. The van der Waals surface area contributed by atoms with Crippen molar-refractivity contribution in [3.8, 4) is 5.75 Å². The Bertz CT molecular complexity index is 354. The van der Waals surface area contributed by atoms with Gasteiger partial charge in [-0.2, -0.15) is 0 Å². The van der Waals surface area contributed by atoms with Gasteiger partial charge in [0.05, 0.1) is 0 Å². The number of phenols is 1. The van der Waals surface area contributed by atoms with Crippen LogP contribution in [0.5, 0.6) is 5.75 Å². The molecule has 0 saturated heterocycles. The molecule has 0 aromatic heterocycles. The van der Waals surface area contributed by atoms with Gasteiger partial charge in [-0.15, -0.1) is 0 Å². The molecule has 0 radical (unpaired) electrons. The summed E-state index contributed by atoms with van der Waals surface area (Å²) in [5, 5.41) is 19.0. The highest BCUT2D eigenvalue weighted by Crippen LogP contribution is 2.28. The van der Waals surface area contributed by atoms with E-state index < -0.39 is 0 Å². The topological polar surface area (TPSA) is 40.5 Å². The maximum absolute atomic E-state index is 9.79. The van der Waals surface area contributed by atoms with Crippen molar-refractivity contribution in [2.75, 3.05) is 6.61 Å².